The second-order valence-corrected chi connectivity index (χ2v) is 4.37. The van der Waals surface area contributed by atoms with Crippen molar-refractivity contribution in [2.75, 3.05) is 6.61 Å². The minimum atomic E-state index is -1.10. The van der Waals surface area contributed by atoms with Crippen LogP contribution in [0.15, 0.2) is 34.7 Å². The third-order valence-electron chi connectivity index (χ3n) is 2.97. The molecule has 0 spiro atoms. The molecule has 1 aromatic carbocycles. The van der Waals surface area contributed by atoms with Gasteiger partial charge in [-0.3, -0.25) is 0 Å². The van der Waals surface area contributed by atoms with Gasteiger partial charge in [-0.1, -0.05) is 18.2 Å². The van der Waals surface area contributed by atoms with Gasteiger partial charge in [-0.15, -0.1) is 0 Å². The van der Waals surface area contributed by atoms with Crippen molar-refractivity contribution < 1.29 is 24.2 Å². The van der Waals surface area contributed by atoms with E-state index in [1.807, 2.05) is 24.3 Å². The highest BCUT2D eigenvalue weighted by Gasteiger charge is 2.13. The van der Waals surface area contributed by atoms with Crippen LogP contribution in [0.3, 0.4) is 0 Å². The number of aliphatic hydroxyl groups excluding tert-OH is 1. The van der Waals surface area contributed by atoms with Crippen LogP contribution in [0.4, 0.5) is 0 Å². The summed E-state index contributed by atoms with van der Waals surface area (Å²) in [6.07, 6.45) is 0.515. The van der Waals surface area contributed by atoms with Crippen LogP contribution in [0.5, 0.6) is 5.75 Å². The van der Waals surface area contributed by atoms with E-state index in [2.05, 4.69) is 0 Å². The molecule has 0 radical (unpaired) electrons. The summed E-state index contributed by atoms with van der Waals surface area (Å²) in [5, 5.41) is 17.9. The van der Waals surface area contributed by atoms with Crippen LogP contribution in [-0.2, 0) is 13.0 Å². The number of benzene rings is 1. The maximum absolute atomic E-state index is 10.8. The van der Waals surface area contributed by atoms with E-state index in [9.17, 15) is 4.79 Å². The zero-order valence-electron chi connectivity index (χ0n) is 11.1. The second-order valence-electron chi connectivity index (χ2n) is 4.37. The third-order valence-corrected chi connectivity index (χ3v) is 2.97. The number of carboxylic acids is 1. The fourth-order valence-corrected chi connectivity index (χ4v) is 1.90. The predicted molar refractivity (Wildman–Crippen MR) is 72.0 cm³/mol. The summed E-state index contributed by atoms with van der Waals surface area (Å²) >= 11 is 0. The molecule has 2 N–H and O–H groups in total. The lowest BCUT2D eigenvalue weighted by Gasteiger charge is -2.10. The first kappa shape index (κ1) is 14.1. The summed E-state index contributed by atoms with van der Waals surface area (Å²) in [6, 6.07) is 8.89. The van der Waals surface area contributed by atoms with E-state index < -0.39 is 5.97 Å². The fourth-order valence-electron chi connectivity index (χ4n) is 1.90. The van der Waals surface area contributed by atoms with Crippen LogP contribution in [0.1, 0.15) is 27.4 Å². The number of rotatable bonds is 6. The highest BCUT2D eigenvalue weighted by Crippen LogP contribution is 2.22. The normalized spacial score (nSPS) is 10.5. The molecule has 0 bridgehead atoms. The minimum absolute atomic E-state index is 0.0499. The second kappa shape index (κ2) is 6.25. The van der Waals surface area contributed by atoms with Crippen molar-refractivity contribution in [2.24, 2.45) is 0 Å². The number of carboxylic acid groups (broad SMARTS) is 1. The molecule has 0 unspecified atom stereocenters. The van der Waals surface area contributed by atoms with Gasteiger partial charge < -0.3 is 19.4 Å². The number of hydrogen-bond acceptors (Lipinski definition) is 4. The number of aromatic carboxylic acids is 1. The Labute approximate surface area is 116 Å². The average Bonchev–Trinajstić information content (AvgIpc) is 2.80. The van der Waals surface area contributed by atoms with Gasteiger partial charge in [0.05, 0.1) is 0 Å². The van der Waals surface area contributed by atoms with Gasteiger partial charge in [0.15, 0.2) is 0 Å². The van der Waals surface area contributed by atoms with Crippen LogP contribution in [-0.4, -0.2) is 22.8 Å². The van der Waals surface area contributed by atoms with E-state index in [1.54, 1.807) is 6.92 Å². The van der Waals surface area contributed by atoms with Gasteiger partial charge in [-0.25, -0.2) is 4.79 Å². The van der Waals surface area contributed by atoms with Crippen molar-refractivity contribution in [3.05, 3.63) is 53.0 Å². The number of para-hydroxylation sites is 1. The van der Waals surface area contributed by atoms with Crippen molar-refractivity contribution in [2.45, 2.75) is 20.0 Å². The minimum Gasteiger partial charge on any atom is -0.488 e. The van der Waals surface area contributed by atoms with Crippen LogP contribution in [0.2, 0.25) is 0 Å². The SMILES string of the molecule is Cc1oc(C(=O)O)cc1COc1ccccc1CCO. The summed E-state index contributed by atoms with van der Waals surface area (Å²) < 4.78 is 10.8. The largest absolute Gasteiger partial charge is 0.488 e. The van der Waals surface area contributed by atoms with Gasteiger partial charge in [0, 0.05) is 12.2 Å². The van der Waals surface area contributed by atoms with Gasteiger partial charge in [-0.2, -0.15) is 0 Å². The molecular weight excluding hydrogens is 260 g/mol. The number of ether oxygens (including phenoxy) is 1. The Balaban J connectivity index is 2.11. The molecule has 20 heavy (non-hydrogen) atoms. The van der Waals surface area contributed by atoms with Crippen molar-refractivity contribution in [1.82, 2.24) is 0 Å². The lowest BCUT2D eigenvalue weighted by Crippen LogP contribution is -2.00. The van der Waals surface area contributed by atoms with Crippen LogP contribution < -0.4 is 4.74 Å². The molecule has 1 heterocycles. The summed E-state index contributed by atoms with van der Waals surface area (Å²) in [5.41, 5.74) is 1.61. The highest BCUT2D eigenvalue weighted by molar-refractivity contribution is 5.84. The smallest absolute Gasteiger partial charge is 0.371 e. The summed E-state index contributed by atoms with van der Waals surface area (Å²) in [4.78, 5) is 10.8. The molecule has 0 amide bonds. The number of hydrogen-bond donors (Lipinski definition) is 2. The van der Waals surface area contributed by atoms with Gasteiger partial charge in [-0.05, 0) is 31.0 Å². The summed E-state index contributed by atoms with van der Waals surface area (Å²) in [6.45, 7) is 1.98. The van der Waals surface area contributed by atoms with E-state index >= 15 is 0 Å². The van der Waals surface area contributed by atoms with Crippen LogP contribution in [0, 0.1) is 6.92 Å². The Morgan fingerprint density at radius 1 is 1.30 bits per heavy atom. The molecule has 0 saturated heterocycles. The lowest BCUT2D eigenvalue weighted by atomic mass is 10.1. The zero-order valence-corrected chi connectivity index (χ0v) is 11.1. The van der Waals surface area contributed by atoms with E-state index in [0.717, 1.165) is 5.56 Å². The molecule has 0 saturated carbocycles. The Hall–Kier alpha value is -2.27. The molecule has 5 nitrogen and oxygen atoms in total. The molecular formula is C15H16O5. The molecule has 0 aliphatic rings. The number of aliphatic hydroxyl groups is 1. The Kier molecular flexibility index (Phi) is 4.42. The van der Waals surface area contributed by atoms with E-state index in [4.69, 9.17) is 19.4 Å². The van der Waals surface area contributed by atoms with Crippen molar-refractivity contribution >= 4 is 5.97 Å². The van der Waals surface area contributed by atoms with E-state index in [-0.39, 0.29) is 19.0 Å². The van der Waals surface area contributed by atoms with Gasteiger partial charge >= 0.3 is 5.97 Å². The number of carbonyl (C=O) groups is 1. The summed E-state index contributed by atoms with van der Waals surface area (Å²) in [5.74, 6) is 0.0193. The van der Waals surface area contributed by atoms with E-state index in [0.29, 0.717) is 23.5 Å². The third kappa shape index (κ3) is 3.19. The Morgan fingerprint density at radius 2 is 2.05 bits per heavy atom. The molecule has 0 fully saturated rings. The quantitative estimate of drug-likeness (QED) is 0.846. The first-order chi connectivity index (χ1) is 9.61. The molecule has 1 aromatic heterocycles. The van der Waals surface area contributed by atoms with Crippen LogP contribution >= 0.6 is 0 Å². The monoisotopic (exact) mass is 276 g/mol. The first-order valence-electron chi connectivity index (χ1n) is 6.26. The zero-order chi connectivity index (χ0) is 14.5. The topological polar surface area (TPSA) is 79.9 Å². The predicted octanol–water partition coefficient (Wildman–Crippen LogP) is 2.40. The average molecular weight is 276 g/mol. The maximum atomic E-state index is 10.8. The highest BCUT2D eigenvalue weighted by atomic mass is 16.5. The first-order valence-corrected chi connectivity index (χ1v) is 6.26. The molecule has 0 aliphatic heterocycles. The standard InChI is InChI=1S/C15H16O5/c1-10-12(8-14(20-10)15(17)18)9-19-13-5-3-2-4-11(13)6-7-16/h2-5,8,16H,6-7,9H2,1H3,(H,17,18). The molecule has 2 rings (SSSR count). The number of aryl methyl sites for hydroxylation is 1. The lowest BCUT2D eigenvalue weighted by molar-refractivity contribution is 0.0661. The van der Waals surface area contributed by atoms with Crippen molar-refractivity contribution in [3.8, 4) is 5.75 Å². The maximum Gasteiger partial charge on any atom is 0.371 e. The molecule has 0 atom stereocenters. The molecule has 2 aromatic rings. The molecule has 5 heteroatoms. The van der Waals surface area contributed by atoms with E-state index in [1.165, 1.54) is 6.07 Å². The van der Waals surface area contributed by atoms with Crippen molar-refractivity contribution in [1.29, 1.82) is 0 Å². The molecule has 0 aliphatic carbocycles. The van der Waals surface area contributed by atoms with Gasteiger partial charge in [0.25, 0.3) is 0 Å². The van der Waals surface area contributed by atoms with Crippen LogP contribution in [0.25, 0.3) is 0 Å². The number of furan rings is 1. The van der Waals surface area contributed by atoms with Gasteiger partial charge in [0.2, 0.25) is 5.76 Å². The van der Waals surface area contributed by atoms with Crippen molar-refractivity contribution in [3.63, 3.8) is 0 Å². The van der Waals surface area contributed by atoms with Gasteiger partial charge in [0.1, 0.15) is 18.1 Å². The summed E-state index contributed by atoms with van der Waals surface area (Å²) in [7, 11) is 0. The fraction of sp³-hybridized carbons (Fsp3) is 0.267. The molecule has 106 valence electrons. The Morgan fingerprint density at radius 3 is 2.70 bits per heavy atom. The Bertz CT molecular complexity index is 600.